The molecule has 0 aromatic carbocycles. The predicted octanol–water partition coefficient (Wildman–Crippen LogP) is 2.09. The van der Waals surface area contributed by atoms with E-state index in [1.165, 1.54) is 0 Å². The average Bonchev–Trinajstić information content (AvgIpc) is 2.77. The molecule has 2 unspecified atom stereocenters. The van der Waals surface area contributed by atoms with Crippen LogP contribution in [0.1, 0.15) is 20.3 Å². The van der Waals surface area contributed by atoms with E-state index in [9.17, 15) is 9.36 Å². The molecule has 1 fully saturated rings. The summed E-state index contributed by atoms with van der Waals surface area (Å²) in [6.45, 7) is 3.82. The zero-order valence-electron chi connectivity index (χ0n) is 8.64. The molecule has 1 saturated heterocycles. The van der Waals surface area contributed by atoms with Crippen molar-refractivity contribution >= 4 is 13.2 Å². The number of rotatable bonds is 3. The van der Waals surface area contributed by atoms with Gasteiger partial charge in [0.15, 0.2) is 7.29 Å². The van der Waals surface area contributed by atoms with Gasteiger partial charge in [-0.2, -0.15) is 0 Å². The molecule has 2 bridgehead atoms. The highest BCUT2D eigenvalue weighted by Gasteiger charge is 2.47. The number of carbonyl (C=O) groups is 1. The lowest BCUT2D eigenvalue weighted by Crippen LogP contribution is -2.33. The van der Waals surface area contributed by atoms with E-state index in [4.69, 9.17) is 0 Å². The molecule has 0 N–H and O–H groups in total. The molecule has 2 rings (SSSR count). The average molecular weight is 213 g/mol. The van der Waals surface area contributed by atoms with Crippen LogP contribution < -0.4 is 0 Å². The van der Waals surface area contributed by atoms with Crippen molar-refractivity contribution < 1.29 is 9.36 Å². The summed E-state index contributed by atoms with van der Waals surface area (Å²) in [7, 11) is -2.39. The highest BCUT2D eigenvalue weighted by Crippen LogP contribution is 2.55. The minimum Gasteiger partial charge on any atom is -0.300 e. The zero-order chi connectivity index (χ0) is 10.3. The second-order valence-electron chi connectivity index (χ2n) is 3.96. The second-order valence-corrected chi connectivity index (χ2v) is 7.34. The molecular weight excluding hydrogens is 197 g/mol. The van der Waals surface area contributed by atoms with Crippen molar-refractivity contribution in [2.45, 2.75) is 26.3 Å². The molecule has 3 nitrogen and oxygen atoms in total. The second kappa shape index (κ2) is 3.23. The molecule has 0 spiro atoms. The van der Waals surface area contributed by atoms with Crippen LogP contribution in [0.5, 0.6) is 0 Å². The molecule has 2 atom stereocenters. The Kier molecular flexibility index (Phi) is 2.30. The van der Waals surface area contributed by atoms with Crippen molar-refractivity contribution in [3.8, 4) is 0 Å². The Bertz CT molecular complexity index is 329. The number of fused-ring (bicyclic) bond motifs is 2. The van der Waals surface area contributed by atoms with Gasteiger partial charge in [-0.25, -0.2) is 0 Å². The van der Waals surface area contributed by atoms with Gasteiger partial charge in [0.05, 0.1) is 12.0 Å². The molecule has 0 aromatic heterocycles. The van der Waals surface area contributed by atoms with Gasteiger partial charge in [-0.1, -0.05) is 26.0 Å². The highest BCUT2D eigenvalue weighted by molar-refractivity contribution is 7.62. The topological polar surface area (TPSA) is 37.4 Å². The minimum atomic E-state index is -2.39. The van der Waals surface area contributed by atoms with Crippen LogP contribution in [0.4, 0.5) is 0 Å². The van der Waals surface area contributed by atoms with Crippen molar-refractivity contribution in [2.75, 3.05) is 12.3 Å². The maximum absolute atomic E-state index is 12.4. The third-order valence-electron chi connectivity index (χ3n) is 3.30. The summed E-state index contributed by atoms with van der Waals surface area (Å²) in [5, 5.41) is 0. The first-order chi connectivity index (χ1) is 6.62. The van der Waals surface area contributed by atoms with Gasteiger partial charge in [0.25, 0.3) is 0 Å². The summed E-state index contributed by atoms with van der Waals surface area (Å²) in [6, 6.07) is 0.123. The Labute approximate surface area is 84.6 Å². The fourth-order valence-corrected chi connectivity index (χ4v) is 4.63. The van der Waals surface area contributed by atoms with Crippen LogP contribution in [-0.4, -0.2) is 28.9 Å². The Morgan fingerprint density at radius 2 is 2.07 bits per heavy atom. The van der Waals surface area contributed by atoms with Crippen LogP contribution in [-0.2, 0) is 9.36 Å². The van der Waals surface area contributed by atoms with Gasteiger partial charge in [-0.15, -0.1) is 0 Å². The molecule has 2 aliphatic rings. The van der Waals surface area contributed by atoms with Crippen LogP contribution in [0, 0.1) is 5.92 Å². The third kappa shape index (κ3) is 1.18. The van der Waals surface area contributed by atoms with E-state index in [1.807, 2.05) is 26.0 Å². The van der Waals surface area contributed by atoms with Gasteiger partial charge < -0.3 is 4.57 Å². The number of carbonyl (C=O) groups excluding carboxylic acids is 1. The first-order valence-corrected chi connectivity index (χ1v) is 7.25. The van der Waals surface area contributed by atoms with E-state index >= 15 is 0 Å². The van der Waals surface area contributed by atoms with E-state index in [-0.39, 0.29) is 17.9 Å². The number of nitrogens with zero attached hydrogens (tertiary/aromatic N) is 1. The third-order valence-corrected chi connectivity index (χ3v) is 6.55. The summed E-state index contributed by atoms with van der Waals surface area (Å²) >= 11 is 0. The number of hydrogen-bond donors (Lipinski definition) is 0. The molecule has 0 aromatic rings. The monoisotopic (exact) mass is 213 g/mol. The fraction of sp³-hybridized carbons (Fsp3) is 0.700. The summed E-state index contributed by atoms with van der Waals surface area (Å²) in [5.41, 5.74) is 0. The Morgan fingerprint density at radius 1 is 1.43 bits per heavy atom. The Hall–Kier alpha value is -0.560. The lowest BCUT2D eigenvalue weighted by atomic mass is 10.1. The van der Waals surface area contributed by atoms with Crippen molar-refractivity contribution in [3.63, 3.8) is 0 Å². The molecule has 1 aliphatic heterocycles. The molecule has 14 heavy (non-hydrogen) atoms. The molecule has 0 radical (unpaired) electrons. The van der Waals surface area contributed by atoms with Crippen LogP contribution in [0.3, 0.4) is 0 Å². The van der Waals surface area contributed by atoms with Crippen molar-refractivity contribution in [2.24, 2.45) is 5.92 Å². The smallest absolute Gasteiger partial charge is 0.235 e. The Morgan fingerprint density at radius 3 is 2.50 bits per heavy atom. The lowest BCUT2D eigenvalue weighted by Gasteiger charge is -2.31. The SMILES string of the molecule is CCP(=O)(CC)N1C(=O)C2C=CC1C2. The van der Waals surface area contributed by atoms with E-state index in [0.717, 1.165) is 6.42 Å². The van der Waals surface area contributed by atoms with Crippen molar-refractivity contribution in [3.05, 3.63) is 12.2 Å². The van der Waals surface area contributed by atoms with E-state index in [2.05, 4.69) is 0 Å². The summed E-state index contributed by atoms with van der Waals surface area (Å²) in [4.78, 5) is 11.8. The van der Waals surface area contributed by atoms with Gasteiger partial charge in [-0.05, 0) is 6.42 Å². The molecule has 1 heterocycles. The van der Waals surface area contributed by atoms with Gasteiger partial charge in [0.1, 0.15) is 0 Å². The molecule has 4 heteroatoms. The molecule has 1 amide bonds. The van der Waals surface area contributed by atoms with Crippen LogP contribution in [0.2, 0.25) is 0 Å². The molecule has 1 aliphatic carbocycles. The molecule has 0 saturated carbocycles. The predicted molar refractivity (Wildman–Crippen MR) is 56.6 cm³/mol. The highest BCUT2D eigenvalue weighted by atomic mass is 31.2. The number of amides is 1. The standard InChI is InChI=1S/C10H16NO2P/c1-3-14(13,4-2)11-9-6-5-8(7-9)10(11)12/h5-6,8-9H,3-4,7H2,1-2H3. The van der Waals surface area contributed by atoms with Gasteiger partial charge in [-0.3, -0.25) is 9.46 Å². The molecule has 78 valence electrons. The maximum Gasteiger partial charge on any atom is 0.235 e. The zero-order valence-corrected chi connectivity index (χ0v) is 9.54. The Balaban J connectivity index is 2.32. The van der Waals surface area contributed by atoms with Crippen LogP contribution in [0.15, 0.2) is 12.2 Å². The molecular formula is C10H16NO2P. The minimum absolute atomic E-state index is 0.0198. The first-order valence-electron chi connectivity index (χ1n) is 5.22. The van der Waals surface area contributed by atoms with E-state index in [0.29, 0.717) is 12.3 Å². The van der Waals surface area contributed by atoms with Gasteiger partial charge in [0, 0.05) is 12.3 Å². The van der Waals surface area contributed by atoms with E-state index in [1.54, 1.807) is 4.67 Å². The van der Waals surface area contributed by atoms with Crippen LogP contribution >= 0.6 is 7.29 Å². The number of hydrogen-bond acceptors (Lipinski definition) is 2. The fourth-order valence-electron chi connectivity index (χ4n) is 2.36. The van der Waals surface area contributed by atoms with E-state index < -0.39 is 7.29 Å². The quantitative estimate of drug-likeness (QED) is 0.531. The maximum atomic E-state index is 12.4. The first kappa shape index (κ1) is 9.97. The lowest BCUT2D eigenvalue weighted by molar-refractivity contribution is -0.126. The van der Waals surface area contributed by atoms with Crippen molar-refractivity contribution in [1.29, 1.82) is 0 Å². The summed E-state index contributed by atoms with van der Waals surface area (Å²) in [6.07, 6.45) is 6.05. The summed E-state index contributed by atoms with van der Waals surface area (Å²) < 4.78 is 14.1. The summed E-state index contributed by atoms with van der Waals surface area (Å²) in [5.74, 6) is 0.107. The van der Waals surface area contributed by atoms with Crippen molar-refractivity contribution in [1.82, 2.24) is 4.67 Å². The normalized spacial score (nSPS) is 30.4. The van der Waals surface area contributed by atoms with Gasteiger partial charge >= 0.3 is 0 Å². The van der Waals surface area contributed by atoms with Crippen LogP contribution in [0.25, 0.3) is 0 Å². The largest absolute Gasteiger partial charge is 0.300 e. The van der Waals surface area contributed by atoms with Gasteiger partial charge in [0.2, 0.25) is 5.91 Å².